The first-order valence-corrected chi connectivity index (χ1v) is 9.75. The Morgan fingerprint density at radius 3 is 2.70 bits per heavy atom. The average Bonchev–Trinajstić information content (AvgIpc) is 3.37. The average molecular weight is 365 g/mol. The lowest BCUT2D eigenvalue weighted by molar-refractivity contribution is -0.123. The molecule has 1 saturated heterocycles. The lowest BCUT2D eigenvalue weighted by Gasteiger charge is -2.23. The number of benzene rings is 1. The molecule has 1 aromatic heterocycles. The van der Waals surface area contributed by atoms with Gasteiger partial charge < -0.3 is 15.4 Å². The quantitative estimate of drug-likeness (QED) is 0.851. The zero-order valence-corrected chi connectivity index (χ0v) is 16.0. The van der Waals surface area contributed by atoms with Gasteiger partial charge in [-0.05, 0) is 68.8 Å². The van der Waals surface area contributed by atoms with Crippen LogP contribution in [0, 0.1) is 25.2 Å². The van der Waals surface area contributed by atoms with Gasteiger partial charge in [0.05, 0.1) is 0 Å². The lowest BCUT2D eigenvalue weighted by Crippen LogP contribution is -2.33. The van der Waals surface area contributed by atoms with Crippen molar-refractivity contribution in [3.8, 4) is 11.6 Å². The minimum atomic E-state index is 0.166. The normalized spacial score (nSPS) is 20.3. The molecule has 1 aliphatic carbocycles. The highest BCUT2D eigenvalue weighted by molar-refractivity contribution is 5.82. The monoisotopic (exact) mass is 365 g/mol. The number of para-hydroxylation sites is 1. The first-order chi connectivity index (χ1) is 13.1. The van der Waals surface area contributed by atoms with Gasteiger partial charge in [0.15, 0.2) is 0 Å². The van der Waals surface area contributed by atoms with E-state index in [0.717, 1.165) is 54.8 Å². The maximum absolute atomic E-state index is 12.6. The summed E-state index contributed by atoms with van der Waals surface area (Å²) in [5.41, 5.74) is 3.29. The van der Waals surface area contributed by atoms with Gasteiger partial charge in [-0.3, -0.25) is 4.79 Å². The van der Waals surface area contributed by atoms with E-state index in [9.17, 15) is 4.79 Å². The Morgan fingerprint density at radius 2 is 1.96 bits per heavy atom. The van der Waals surface area contributed by atoms with Crippen molar-refractivity contribution in [3.05, 3.63) is 53.2 Å². The van der Waals surface area contributed by atoms with Crippen molar-refractivity contribution in [2.75, 3.05) is 13.1 Å². The first kappa shape index (κ1) is 18.0. The van der Waals surface area contributed by atoms with Crippen molar-refractivity contribution in [3.63, 3.8) is 0 Å². The van der Waals surface area contributed by atoms with Crippen LogP contribution in [0.25, 0.3) is 0 Å². The van der Waals surface area contributed by atoms with Crippen LogP contribution >= 0.6 is 0 Å². The van der Waals surface area contributed by atoms with Gasteiger partial charge in [0, 0.05) is 24.2 Å². The summed E-state index contributed by atoms with van der Waals surface area (Å²) in [6.45, 7) is 6.55. The molecule has 27 heavy (non-hydrogen) atoms. The number of ether oxygens (including phenoxy) is 1. The van der Waals surface area contributed by atoms with E-state index < -0.39 is 0 Å². The van der Waals surface area contributed by atoms with E-state index in [1.54, 1.807) is 6.20 Å². The number of nitrogens with zero attached hydrogens (tertiary/aromatic N) is 1. The number of amides is 1. The van der Waals surface area contributed by atoms with E-state index >= 15 is 0 Å². The SMILES string of the molecule is Cc1cccc(C)c1Oc1ncccc1CNC(=O)C1CC12CCNCC2. The summed E-state index contributed by atoms with van der Waals surface area (Å²) in [6, 6.07) is 9.91. The van der Waals surface area contributed by atoms with Crippen LogP contribution in [0.4, 0.5) is 0 Å². The third-order valence-corrected chi connectivity index (χ3v) is 6.02. The van der Waals surface area contributed by atoms with Gasteiger partial charge in [-0.1, -0.05) is 24.3 Å². The van der Waals surface area contributed by atoms with Gasteiger partial charge in [-0.15, -0.1) is 0 Å². The van der Waals surface area contributed by atoms with E-state index in [-0.39, 0.29) is 17.2 Å². The molecule has 5 nitrogen and oxygen atoms in total. The molecule has 2 aliphatic rings. The lowest BCUT2D eigenvalue weighted by atomic mass is 9.92. The standard InChI is InChI=1S/C22H27N3O2/c1-15-5-3-6-16(2)19(15)27-21-17(7-4-10-24-21)14-25-20(26)18-13-22(18)8-11-23-12-9-22/h3-7,10,18,23H,8-9,11-14H2,1-2H3,(H,25,26). The second-order valence-electron chi connectivity index (χ2n) is 7.88. The van der Waals surface area contributed by atoms with Gasteiger partial charge in [-0.25, -0.2) is 4.98 Å². The maximum atomic E-state index is 12.6. The largest absolute Gasteiger partial charge is 0.438 e. The third kappa shape index (κ3) is 3.69. The molecule has 1 aromatic carbocycles. The fourth-order valence-electron chi connectivity index (χ4n) is 4.21. The van der Waals surface area contributed by atoms with E-state index in [4.69, 9.17) is 4.74 Å². The zero-order chi connectivity index (χ0) is 18.9. The number of nitrogens with one attached hydrogen (secondary N) is 2. The van der Waals surface area contributed by atoms with Crippen molar-refractivity contribution >= 4 is 5.91 Å². The minimum absolute atomic E-state index is 0.166. The summed E-state index contributed by atoms with van der Waals surface area (Å²) in [7, 11) is 0. The molecule has 4 rings (SSSR count). The molecule has 1 amide bonds. The van der Waals surface area contributed by atoms with Crippen LogP contribution < -0.4 is 15.4 Å². The molecule has 2 fully saturated rings. The van der Waals surface area contributed by atoms with Gasteiger partial charge in [-0.2, -0.15) is 0 Å². The number of pyridine rings is 1. The molecule has 0 radical (unpaired) electrons. The second kappa shape index (κ2) is 7.31. The fraction of sp³-hybridized carbons (Fsp3) is 0.455. The molecule has 1 aliphatic heterocycles. The second-order valence-corrected chi connectivity index (χ2v) is 7.88. The summed E-state index contributed by atoms with van der Waals surface area (Å²) in [4.78, 5) is 17.0. The summed E-state index contributed by atoms with van der Waals surface area (Å²) in [6.07, 6.45) is 4.97. The van der Waals surface area contributed by atoms with Gasteiger partial charge in [0.25, 0.3) is 0 Å². The number of aryl methyl sites for hydroxylation is 2. The zero-order valence-electron chi connectivity index (χ0n) is 16.0. The Bertz CT molecular complexity index is 823. The Labute approximate surface area is 160 Å². The Hall–Kier alpha value is -2.40. The van der Waals surface area contributed by atoms with Crippen LogP contribution in [0.3, 0.4) is 0 Å². The number of rotatable bonds is 5. The number of aromatic nitrogens is 1. The van der Waals surface area contributed by atoms with E-state index in [1.165, 1.54) is 0 Å². The first-order valence-electron chi connectivity index (χ1n) is 9.75. The van der Waals surface area contributed by atoms with Crippen molar-refractivity contribution in [1.29, 1.82) is 0 Å². The Morgan fingerprint density at radius 1 is 1.22 bits per heavy atom. The topological polar surface area (TPSA) is 63.2 Å². The summed E-state index contributed by atoms with van der Waals surface area (Å²) in [5, 5.41) is 6.49. The molecular weight excluding hydrogens is 338 g/mol. The maximum Gasteiger partial charge on any atom is 0.224 e. The van der Waals surface area contributed by atoms with Crippen molar-refractivity contribution in [2.24, 2.45) is 11.3 Å². The van der Waals surface area contributed by atoms with Crippen molar-refractivity contribution < 1.29 is 9.53 Å². The molecule has 142 valence electrons. The highest BCUT2D eigenvalue weighted by Crippen LogP contribution is 2.58. The van der Waals surface area contributed by atoms with Gasteiger partial charge in [0.1, 0.15) is 5.75 Å². The van der Waals surface area contributed by atoms with E-state index in [1.807, 2.05) is 44.2 Å². The Balaban J connectivity index is 1.42. The highest BCUT2D eigenvalue weighted by Gasteiger charge is 2.57. The number of carbonyl (C=O) groups is 1. The molecule has 1 saturated carbocycles. The molecule has 5 heteroatoms. The summed E-state index contributed by atoms with van der Waals surface area (Å²) >= 11 is 0. The molecule has 1 spiro atoms. The summed E-state index contributed by atoms with van der Waals surface area (Å²) in [5.74, 6) is 1.72. The molecular formula is C22H27N3O2. The van der Waals surface area contributed by atoms with Gasteiger partial charge >= 0.3 is 0 Å². The molecule has 1 unspecified atom stereocenters. The van der Waals surface area contributed by atoms with Crippen LogP contribution in [-0.2, 0) is 11.3 Å². The molecule has 1 atom stereocenters. The number of carbonyl (C=O) groups excluding carboxylic acids is 1. The van der Waals surface area contributed by atoms with E-state index in [0.29, 0.717) is 12.4 Å². The van der Waals surface area contributed by atoms with Crippen molar-refractivity contribution in [2.45, 2.75) is 39.7 Å². The van der Waals surface area contributed by atoms with Crippen LogP contribution in [0.5, 0.6) is 11.6 Å². The predicted molar refractivity (Wildman–Crippen MR) is 105 cm³/mol. The van der Waals surface area contributed by atoms with Crippen molar-refractivity contribution in [1.82, 2.24) is 15.6 Å². The minimum Gasteiger partial charge on any atom is -0.438 e. The smallest absolute Gasteiger partial charge is 0.224 e. The van der Waals surface area contributed by atoms with Crippen LogP contribution in [0.2, 0.25) is 0 Å². The predicted octanol–water partition coefficient (Wildman–Crippen LogP) is 3.50. The molecule has 0 bridgehead atoms. The third-order valence-electron chi connectivity index (χ3n) is 6.02. The van der Waals surface area contributed by atoms with E-state index in [2.05, 4.69) is 15.6 Å². The molecule has 2 N–H and O–H groups in total. The molecule has 2 aromatic rings. The number of piperidine rings is 1. The molecule has 2 heterocycles. The van der Waals surface area contributed by atoms with Crippen LogP contribution in [-0.4, -0.2) is 24.0 Å². The fourth-order valence-corrected chi connectivity index (χ4v) is 4.21. The van der Waals surface area contributed by atoms with Crippen LogP contribution in [0.15, 0.2) is 36.5 Å². The number of hydrogen-bond acceptors (Lipinski definition) is 4. The Kier molecular flexibility index (Phi) is 4.87. The highest BCUT2D eigenvalue weighted by atomic mass is 16.5. The number of hydrogen-bond donors (Lipinski definition) is 2. The summed E-state index contributed by atoms with van der Waals surface area (Å²) < 4.78 is 6.12. The van der Waals surface area contributed by atoms with Gasteiger partial charge in [0.2, 0.25) is 11.8 Å². The van der Waals surface area contributed by atoms with Crippen LogP contribution in [0.1, 0.15) is 36.0 Å².